The number of carbonyl (C=O) groups excluding carboxylic acids is 5. The number of esters is 1. The highest BCUT2D eigenvalue weighted by atomic mass is 16.5. The normalized spacial score (nSPS) is 20.1. The monoisotopic (exact) mass is 525 g/mol. The largest absolute Gasteiger partial charge is 0.460 e. The number of hydrogen-bond donors (Lipinski definition) is 2. The number of nitrogens with two attached hydrogens (primary N) is 1. The Balaban J connectivity index is 1.40. The van der Waals surface area contributed by atoms with Crippen LogP contribution in [0.15, 0.2) is 30.3 Å². The van der Waals surface area contributed by atoms with Crippen molar-refractivity contribution in [1.82, 2.24) is 30.1 Å². The summed E-state index contributed by atoms with van der Waals surface area (Å²) in [4.78, 5) is 65.1. The number of hydrogen-bond acceptors (Lipinski definition) is 8. The van der Waals surface area contributed by atoms with Gasteiger partial charge < -0.3 is 25.6 Å². The van der Waals surface area contributed by atoms with Gasteiger partial charge in [0.2, 0.25) is 11.8 Å². The van der Waals surface area contributed by atoms with Crippen molar-refractivity contribution in [2.24, 2.45) is 5.73 Å². The summed E-state index contributed by atoms with van der Waals surface area (Å²) in [5.41, 5.74) is 6.11. The molecule has 3 atom stereocenters. The number of nitrogens with one attached hydrogen (secondary N) is 1. The van der Waals surface area contributed by atoms with E-state index in [4.69, 9.17) is 10.5 Å². The van der Waals surface area contributed by atoms with Crippen LogP contribution in [0.2, 0.25) is 0 Å². The number of aromatic nitrogens is 3. The van der Waals surface area contributed by atoms with Crippen LogP contribution in [0.5, 0.6) is 0 Å². The number of ether oxygens (including phenoxy) is 1. The second kappa shape index (κ2) is 10.6. The fourth-order valence-corrected chi connectivity index (χ4v) is 5.08. The molecule has 13 nitrogen and oxygen atoms in total. The van der Waals surface area contributed by atoms with Crippen LogP contribution in [0.4, 0.5) is 0 Å². The van der Waals surface area contributed by atoms with E-state index in [9.17, 15) is 24.0 Å². The first-order valence-corrected chi connectivity index (χ1v) is 12.3. The molecule has 0 radical (unpaired) electrons. The van der Waals surface area contributed by atoms with E-state index in [1.807, 2.05) is 30.3 Å². The van der Waals surface area contributed by atoms with E-state index >= 15 is 0 Å². The summed E-state index contributed by atoms with van der Waals surface area (Å²) in [6, 6.07) is 8.43. The highest BCUT2D eigenvalue weighted by Gasteiger charge is 2.60. The lowest BCUT2D eigenvalue weighted by atomic mass is 9.85. The molecule has 2 aliphatic heterocycles. The van der Waals surface area contributed by atoms with Gasteiger partial charge in [0.25, 0.3) is 11.8 Å². The van der Waals surface area contributed by atoms with Gasteiger partial charge >= 0.3 is 5.97 Å². The van der Waals surface area contributed by atoms with Crippen molar-refractivity contribution in [3.63, 3.8) is 0 Å². The first-order chi connectivity index (χ1) is 18.0. The molecule has 2 fully saturated rings. The van der Waals surface area contributed by atoms with Crippen LogP contribution < -0.4 is 11.1 Å². The van der Waals surface area contributed by atoms with Gasteiger partial charge in [0.05, 0.1) is 25.3 Å². The van der Waals surface area contributed by atoms with Crippen LogP contribution in [0, 0.1) is 6.92 Å². The predicted octanol–water partition coefficient (Wildman–Crippen LogP) is -0.626. The van der Waals surface area contributed by atoms with Gasteiger partial charge in [-0.2, -0.15) is 0 Å². The van der Waals surface area contributed by atoms with Gasteiger partial charge in [0.1, 0.15) is 17.7 Å². The van der Waals surface area contributed by atoms with Gasteiger partial charge in [-0.05, 0) is 32.3 Å². The second-order valence-corrected chi connectivity index (χ2v) is 9.68. The van der Waals surface area contributed by atoms with Gasteiger partial charge in [-0.3, -0.25) is 24.0 Å². The topological polar surface area (TPSA) is 170 Å². The molecule has 38 heavy (non-hydrogen) atoms. The predicted molar refractivity (Wildman–Crippen MR) is 132 cm³/mol. The Morgan fingerprint density at radius 3 is 2.55 bits per heavy atom. The zero-order valence-electron chi connectivity index (χ0n) is 21.5. The van der Waals surface area contributed by atoms with Crippen LogP contribution >= 0.6 is 0 Å². The average Bonchev–Trinajstić information content (AvgIpc) is 3.47. The van der Waals surface area contributed by atoms with Gasteiger partial charge in [-0.25, -0.2) is 4.68 Å². The Kier molecular flexibility index (Phi) is 7.46. The number of rotatable bonds is 9. The van der Waals surface area contributed by atoms with E-state index in [0.29, 0.717) is 31.6 Å². The third-order valence-electron chi connectivity index (χ3n) is 7.01. The molecule has 1 aromatic carbocycles. The number of β-lactam (4-membered cyclic amide) rings is 1. The van der Waals surface area contributed by atoms with Crippen LogP contribution in [0.1, 0.15) is 48.4 Å². The lowest BCUT2D eigenvalue weighted by Gasteiger charge is -2.50. The lowest BCUT2D eigenvalue weighted by molar-refractivity contribution is -0.161. The van der Waals surface area contributed by atoms with Gasteiger partial charge in [0, 0.05) is 13.5 Å². The molecule has 3 heterocycles. The highest BCUT2D eigenvalue weighted by Crippen LogP contribution is 2.39. The van der Waals surface area contributed by atoms with Gasteiger partial charge in [-0.1, -0.05) is 35.5 Å². The summed E-state index contributed by atoms with van der Waals surface area (Å²) in [6.07, 6.45) is 0.132. The zero-order valence-corrected chi connectivity index (χ0v) is 21.5. The number of nitrogens with zero attached hydrogens (tertiary/aromatic N) is 5. The Morgan fingerprint density at radius 2 is 1.92 bits per heavy atom. The quantitative estimate of drug-likeness (QED) is 0.322. The maximum absolute atomic E-state index is 13.5. The van der Waals surface area contributed by atoms with Crippen molar-refractivity contribution in [3.8, 4) is 0 Å². The SMILES string of the molecule is CC(=O)O[C@@H](C)[C@@H](NC(=O)CN1CC2(CCCN2C(=O)c2nnn(Cc3ccccc3)c2C)C1=O)C(N)=O. The van der Waals surface area contributed by atoms with Crippen molar-refractivity contribution in [2.75, 3.05) is 19.6 Å². The fraction of sp³-hybridized carbons (Fsp3) is 0.480. The zero-order chi connectivity index (χ0) is 27.6. The van der Waals surface area contributed by atoms with Crippen LogP contribution in [-0.4, -0.2) is 91.7 Å². The fourth-order valence-electron chi connectivity index (χ4n) is 5.08. The number of amides is 4. The molecule has 13 heteroatoms. The molecule has 3 N–H and O–H groups in total. The van der Waals surface area contributed by atoms with Crippen molar-refractivity contribution in [3.05, 3.63) is 47.3 Å². The standard InChI is InChI=1S/C25H31N7O6/c1-15-20(28-29-32(15)12-18-8-5-4-6-9-18)23(36)31-11-7-10-25(31)14-30(24(25)37)13-19(34)27-21(22(26)35)16(2)38-17(3)33/h4-6,8-9,16,21H,7,10-14H2,1-3H3,(H2,26,35)(H,27,34)/t16-,21+,25?/m0/s1. The first-order valence-electron chi connectivity index (χ1n) is 12.3. The van der Waals surface area contributed by atoms with E-state index in [-0.39, 0.29) is 30.6 Å². The van der Waals surface area contributed by atoms with E-state index in [0.717, 1.165) is 5.56 Å². The molecule has 2 aromatic rings. The van der Waals surface area contributed by atoms with Crippen molar-refractivity contribution >= 4 is 29.6 Å². The molecule has 1 spiro atoms. The molecular weight excluding hydrogens is 494 g/mol. The Morgan fingerprint density at radius 1 is 1.21 bits per heavy atom. The van der Waals surface area contributed by atoms with Crippen LogP contribution in [0.25, 0.3) is 0 Å². The molecule has 2 saturated heterocycles. The summed E-state index contributed by atoms with van der Waals surface area (Å²) >= 11 is 0. The summed E-state index contributed by atoms with van der Waals surface area (Å²) in [5, 5.41) is 10.7. The molecule has 0 saturated carbocycles. The molecule has 1 aromatic heterocycles. The number of benzene rings is 1. The third kappa shape index (κ3) is 5.08. The molecule has 202 valence electrons. The molecule has 4 amide bonds. The summed E-state index contributed by atoms with van der Waals surface area (Å²) in [6.45, 7) is 5.06. The lowest BCUT2D eigenvalue weighted by Crippen LogP contribution is -2.74. The minimum Gasteiger partial charge on any atom is -0.460 e. The molecule has 1 unspecified atom stereocenters. The summed E-state index contributed by atoms with van der Waals surface area (Å²) in [5.74, 6) is -2.86. The Hall–Kier alpha value is -4.29. The van der Waals surface area contributed by atoms with Crippen LogP contribution in [0.3, 0.4) is 0 Å². The number of primary amides is 1. The van der Waals surface area contributed by atoms with E-state index in [1.54, 1.807) is 11.6 Å². The number of carbonyl (C=O) groups is 5. The smallest absolute Gasteiger partial charge is 0.302 e. The minimum atomic E-state index is -1.25. The van der Waals surface area contributed by atoms with E-state index < -0.39 is 35.5 Å². The van der Waals surface area contributed by atoms with Gasteiger partial charge in [0.15, 0.2) is 5.69 Å². The molecular formula is C25H31N7O6. The minimum absolute atomic E-state index is 0.170. The van der Waals surface area contributed by atoms with Crippen molar-refractivity contribution in [2.45, 2.75) is 57.8 Å². The average molecular weight is 526 g/mol. The summed E-state index contributed by atoms with van der Waals surface area (Å²) < 4.78 is 6.60. The van der Waals surface area contributed by atoms with Crippen LogP contribution in [-0.2, 0) is 30.5 Å². The second-order valence-electron chi connectivity index (χ2n) is 9.68. The maximum Gasteiger partial charge on any atom is 0.302 e. The Labute approximate surface area is 219 Å². The number of likely N-dealkylation sites (tertiary alicyclic amines) is 2. The summed E-state index contributed by atoms with van der Waals surface area (Å²) in [7, 11) is 0. The van der Waals surface area contributed by atoms with Crippen molar-refractivity contribution in [1.29, 1.82) is 0 Å². The maximum atomic E-state index is 13.5. The molecule has 0 bridgehead atoms. The first kappa shape index (κ1) is 26.8. The molecule has 4 rings (SSSR count). The van der Waals surface area contributed by atoms with Crippen molar-refractivity contribution < 1.29 is 28.7 Å². The third-order valence-corrected chi connectivity index (χ3v) is 7.01. The molecule has 2 aliphatic rings. The van der Waals surface area contributed by atoms with Gasteiger partial charge in [-0.15, -0.1) is 5.10 Å². The highest BCUT2D eigenvalue weighted by molar-refractivity contribution is 6.03. The Bertz CT molecular complexity index is 1260. The molecule has 0 aliphatic carbocycles. The van der Waals surface area contributed by atoms with E-state index in [2.05, 4.69) is 15.6 Å². The van der Waals surface area contributed by atoms with E-state index in [1.165, 1.54) is 23.6 Å².